The molecule has 1 heterocycles. The molecule has 0 aromatic heterocycles. The zero-order chi connectivity index (χ0) is 16.9. The molecule has 0 aliphatic carbocycles. The van der Waals surface area contributed by atoms with Gasteiger partial charge in [0.25, 0.3) is 0 Å². The SMILES string of the molecule is CCCCOc1ccccc1C1CC(=O)Nc2ccc(OC)cc21. The smallest absolute Gasteiger partial charge is 0.225 e. The van der Waals surface area contributed by atoms with Gasteiger partial charge in [0.05, 0.1) is 13.7 Å². The van der Waals surface area contributed by atoms with Gasteiger partial charge in [-0.05, 0) is 36.2 Å². The summed E-state index contributed by atoms with van der Waals surface area (Å²) in [6.45, 7) is 2.83. The van der Waals surface area contributed by atoms with Gasteiger partial charge in [-0.1, -0.05) is 31.5 Å². The number of carbonyl (C=O) groups excluding carboxylic acids is 1. The normalized spacial score (nSPS) is 16.2. The minimum atomic E-state index is -0.0262. The van der Waals surface area contributed by atoms with Gasteiger partial charge in [0.15, 0.2) is 0 Å². The number of para-hydroxylation sites is 1. The summed E-state index contributed by atoms with van der Waals surface area (Å²) in [7, 11) is 1.65. The molecule has 0 spiro atoms. The maximum Gasteiger partial charge on any atom is 0.225 e. The molecule has 4 heteroatoms. The monoisotopic (exact) mass is 325 g/mol. The van der Waals surface area contributed by atoms with E-state index in [0.29, 0.717) is 13.0 Å². The minimum absolute atomic E-state index is 0.0262. The van der Waals surface area contributed by atoms with Crippen LogP contribution in [0.5, 0.6) is 11.5 Å². The van der Waals surface area contributed by atoms with Crippen molar-refractivity contribution in [2.45, 2.75) is 32.1 Å². The van der Waals surface area contributed by atoms with Gasteiger partial charge >= 0.3 is 0 Å². The van der Waals surface area contributed by atoms with E-state index in [-0.39, 0.29) is 11.8 Å². The van der Waals surface area contributed by atoms with E-state index >= 15 is 0 Å². The molecule has 126 valence electrons. The molecule has 2 aromatic rings. The number of carbonyl (C=O) groups is 1. The third-order valence-electron chi connectivity index (χ3n) is 4.35. The number of hydrogen-bond acceptors (Lipinski definition) is 3. The number of rotatable bonds is 6. The lowest BCUT2D eigenvalue weighted by Crippen LogP contribution is -2.24. The zero-order valence-electron chi connectivity index (χ0n) is 14.2. The maximum atomic E-state index is 12.2. The fraction of sp³-hybridized carbons (Fsp3) is 0.350. The van der Waals surface area contributed by atoms with Crippen molar-refractivity contribution < 1.29 is 14.3 Å². The lowest BCUT2D eigenvalue weighted by Gasteiger charge is -2.27. The zero-order valence-corrected chi connectivity index (χ0v) is 14.2. The van der Waals surface area contributed by atoms with Crippen LogP contribution in [0.15, 0.2) is 42.5 Å². The first-order valence-electron chi connectivity index (χ1n) is 8.42. The van der Waals surface area contributed by atoms with Crippen LogP contribution in [0.25, 0.3) is 0 Å². The summed E-state index contributed by atoms with van der Waals surface area (Å²) >= 11 is 0. The van der Waals surface area contributed by atoms with Crippen molar-refractivity contribution >= 4 is 11.6 Å². The molecule has 0 radical (unpaired) electrons. The van der Waals surface area contributed by atoms with Crippen molar-refractivity contribution in [1.29, 1.82) is 0 Å². The maximum absolute atomic E-state index is 12.2. The van der Waals surface area contributed by atoms with E-state index in [1.54, 1.807) is 7.11 Å². The van der Waals surface area contributed by atoms with Gasteiger partial charge in [0, 0.05) is 23.6 Å². The van der Waals surface area contributed by atoms with E-state index in [0.717, 1.165) is 41.2 Å². The molecule has 1 unspecified atom stereocenters. The third kappa shape index (κ3) is 3.37. The molecule has 0 saturated heterocycles. The van der Waals surface area contributed by atoms with Crippen LogP contribution in [0.4, 0.5) is 5.69 Å². The van der Waals surface area contributed by atoms with E-state index in [4.69, 9.17) is 9.47 Å². The highest BCUT2D eigenvalue weighted by atomic mass is 16.5. The fourth-order valence-corrected chi connectivity index (χ4v) is 3.07. The third-order valence-corrected chi connectivity index (χ3v) is 4.35. The average Bonchev–Trinajstić information content (AvgIpc) is 2.61. The van der Waals surface area contributed by atoms with Crippen molar-refractivity contribution in [3.63, 3.8) is 0 Å². The first-order chi connectivity index (χ1) is 11.7. The molecular weight excluding hydrogens is 302 g/mol. The number of methoxy groups -OCH3 is 1. The summed E-state index contributed by atoms with van der Waals surface area (Å²) in [6, 6.07) is 13.8. The number of unbranched alkanes of at least 4 members (excludes halogenated alkanes) is 1. The quantitative estimate of drug-likeness (QED) is 0.803. The molecule has 2 aromatic carbocycles. The average molecular weight is 325 g/mol. The Bertz CT molecular complexity index is 727. The number of amides is 1. The first-order valence-corrected chi connectivity index (χ1v) is 8.42. The van der Waals surface area contributed by atoms with Gasteiger partial charge in [-0.15, -0.1) is 0 Å². The van der Waals surface area contributed by atoms with Crippen molar-refractivity contribution in [2.24, 2.45) is 0 Å². The Morgan fingerprint density at radius 1 is 1.17 bits per heavy atom. The van der Waals surface area contributed by atoms with E-state index < -0.39 is 0 Å². The highest BCUT2D eigenvalue weighted by Crippen LogP contribution is 2.42. The second kappa shape index (κ2) is 7.39. The second-order valence-electron chi connectivity index (χ2n) is 6.00. The molecular formula is C20H23NO3. The van der Waals surface area contributed by atoms with Crippen LogP contribution < -0.4 is 14.8 Å². The standard InChI is InChI=1S/C20H23NO3/c1-3-4-11-24-19-8-6-5-7-15(19)16-13-20(22)21-18-10-9-14(23-2)12-17(16)18/h5-10,12,16H,3-4,11,13H2,1-2H3,(H,21,22). The molecule has 1 amide bonds. The molecule has 0 saturated carbocycles. The van der Waals surface area contributed by atoms with Gasteiger partial charge in [0.1, 0.15) is 11.5 Å². The van der Waals surface area contributed by atoms with E-state index in [9.17, 15) is 4.79 Å². The minimum Gasteiger partial charge on any atom is -0.497 e. The summed E-state index contributed by atoms with van der Waals surface area (Å²) in [4.78, 5) is 12.2. The molecule has 1 aliphatic heterocycles. The molecule has 3 rings (SSSR count). The summed E-state index contributed by atoms with van der Waals surface area (Å²) in [5.74, 6) is 1.65. The van der Waals surface area contributed by atoms with Crippen LogP contribution in [0, 0.1) is 0 Å². The Morgan fingerprint density at radius 3 is 2.79 bits per heavy atom. The van der Waals surface area contributed by atoms with Gasteiger partial charge in [0.2, 0.25) is 5.91 Å². The number of anilines is 1. The molecule has 1 atom stereocenters. The van der Waals surface area contributed by atoms with Crippen LogP contribution in [0.1, 0.15) is 43.2 Å². The molecule has 24 heavy (non-hydrogen) atoms. The Labute approximate surface area is 142 Å². The summed E-state index contributed by atoms with van der Waals surface area (Å²) < 4.78 is 11.3. The van der Waals surface area contributed by atoms with Crippen molar-refractivity contribution in [2.75, 3.05) is 19.0 Å². The van der Waals surface area contributed by atoms with Crippen molar-refractivity contribution in [3.05, 3.63) is 53.6 Å². The lowest BCUT2D eigenvalue weighted by molar-refractivity contribution is -0.116. The number of benzene rings is 2. The predicted octanol–water partition coefficient (Wildman–Crippen LogP) is 4.35. The molecule has 0 fully saturated rings. The Hall–Kier alpha value is -2.49. The van der Waals surface area contributed by atoms with Crippen LogP contribution >= 0.6 is 0 Å². The summed E-state index contributed by atoms with van der Waals surface area (Å²) in [6.07, 6.45) is 2.52. The molecule has 4 nitrogen and oxygen atoms in total. The molecule has 0 bridgehead atoms. The van der Waals surface area contributed by atoms with Gasteiger partial charge in [-0.3, -0.25) is 4.79 Å². The number of fused-ring (bicyclic) bond motifs is 1. The van der Waals surface area contributed by atoms with Crippen molar-refractivity contribution in [3.8, 4) is 11.5 Å². The van der Waals surface area contributed by atoms with Crippen LogP contribution in [0.3, 0.4) is 0 Å². The summed E-state index contributed by atoms with van der Waals surface area (Å²) in [5.41, 5.74) is 2.97. The van der Waals surface area contributed by atoms with Gasteiger partial charge in [-0.25, -0.2) is 0 Å². The van der Waals surface area contributed by atoms with Crippen LogP contribution in [-0.2, 0) is 4.79 Å². The van der Waals surface area contributed by atoms with Crippen LogP contribution in [0.2, 0.25) is 0 Å². The highest BCUT2D eigenvalue weighted by Gasteiger charge is 2.29. The highest BCUT2D eigenvalue weighted by molar-refractivity contribution is 5.95. The van der Waals surface area contributed by atoms with E-state index in [1.807, 2.05) is 42.5 Å². The topological polar surface area (TPSA) is 47.6 Å². The number of nitrogens with one attached hydrogen (secondary N) is 1. The summed E-state index contributed by atoms with van der Waals surface area (Å²) in [5, 5.41) is 2.95. The fourth-order valence-electron chi connectivity index (χ4n) is 3.07. The van der Waals surface area contributed by atoms with E-state index in [1.165, 1.54) is 0 Å². The van der Waals surface area contributed by atoms with Gasteiger partial charge < -0.3 is 14.8 Å². The number of hydrogen-bond donors (Lipinski definition) is 1. The molecule has 1 aliphatic rings. The Kier molecular flexibility index (Phi) is 5.04. The predicted molar refractivity (Wildman–Crippen MR) is 94.9 cm³/mol. The molecule has 1 N–H and O–H groups in total. The Morgan fingerprint density at radius 2 is 2.00 bits per heavy atom. The first kappa shape index (κ1) is 16.4. The Balaban J connectivity index is 1.99. The number of ether oxygens (including phenoxy) is 2. The van der Waals surface area contributed by atoms with Gasteiger partial charge in [-0.2, -0.15) is 0 Å². The van der Waals surface area contributed by atoms with Crippen LogP contribution in [-0.4, -0.2) is 19.6 Å². The second-order valence-corrected chi connectivity index (χ2v) is 6.00. The van der Waals surface area contributed by atoms with Crippen molar-refractivity contribution in [1.82, 2.24) is 0 Å². The largest absolute Gasteiger partial charge is 0.497 e. The van der Waals surface area contributed by atoms with E-state index in [2.05, 4.69) is 12.2 Å². The lowest BCUT2D eigenvalue weighted by atomic mass is 9.84.